The molecule has 0 fully saturated rings. The molecule has 1 aromatic heterocycles. The van der Waals surface area contributed by atoms with E-state index in [1.807, 2.05) is 19.1 Å². The molecule has 0 radical (unpaired) electrons. The lowest BCUT2D eigenvalue weighted by Gasteiger charge is -2.18. The Balaban J connectivity index is 2.20. The maximum absolute atomic E-state index is 13.6. The molecule has 1 atom stereocenters. The van der Waals surface area contributed by atoms with Gasteiger partial charge in [0.2, 0.25) is 0 Å². The van der Waals surface area contributed by atoms with Crippen LogP contribution in [0.1, 0.15) is 25.1 Å². The molecule has 2 rings (SSSR count). The summed E-state index contributed by atoms with van der Waals surface area (Å²) in [6.07, 6.45) is 2.31. The van der Waals surface area contributed by atoms with E-state index in [2.05, 4.69) is 11.9 Å². The molecule has 2 aromatic rings. The van der Waals surface area contributed by atoms with Crippen LogP contribution >= 0.6 is 0 Å². The number of anilines is 1. The highest BCUT2D eigenvalue weighted by Gasteiger charge is 2.15. The molecule has 0 bridgehead atoms. The molecule has 0 aliphatic carbocycles. The van der Waals surface area contributed by atoms with Crippen LogP contribution in [0.4, 0.5) is 10.1 Å². The van der Waals surface area contributed by atoms with Gasteiger partial charge in [-0.15, -0.1) is 6.58 Å². The summed E-state index contributed by atoms with van der Waals surface area (Å²) < 4.78 is 19.0. The van der Waals surface area contributed by atoms with Gasteiger partial charge >= 0.3 is 0 Å². The fourth-order valence-corrected chi connectivity index (χ4v) is 1.83. The Morgan fingerprint density at radius 3 is 2.72 bits per heavy atom. The number of halogens is 1. The SMILES string of the molecule is C=C(C)C[C@@H](Nc1ccccc1F)c1ccco1. The van der Waals surface area contributed by atoms with Crippen LogP contribution in [0.5, 0.6) is 0 Å². The number of rotatable bonds is 5. The van der Waals surface area contributed by atoms with Crippen LogP contribution < -0.4 is 5.32 Å². The van der Waals surface area contributed by atoms with E-state index in [0.717, 1.165) is 11.3 Å². The Kier molecular flexibility index (Phi) is 3.82. The van der Waals surface area contributed by atoms with Crippen LogP contribution in [-0.2, 0) is 0 Å². The van der Waals surface area contributed by atoms with Crippen LogP contribution in [-0.4, -0.2) is 0 Å². The second kappa shape index (κ2) is 5.54. The molecule has 1 N–H and O–H groups in total. The third-order valence-corrected chi connectivity index (χ3v) is 2.64. The van der Waals surface area contributed by atoms with Crippen molar-refractivity contribution in [1.29, 1.82) is 0 Å². The van der Waals surface area contributed by atoms with Gasteiger partial charge in [0, 0.05) is 0 Å². The predicted octanol–water partition coefficient (Wildman–Crippen LogP) is 4.54. The predicted molar refractivity (Wildman–Crippen MR) is 70.9 cm³/mol. The summed E-state index contributed by atoms with van der Waals surface area (Å²) in [6, 6.07) is 10.2. The maximum Gasteiger partial charge on any atom is 0.146 e. The van der Waals surface area contributed by atoms with Crippen molar-refractivity contribution in [1.82, 2.24) is 0 Å². The fraction of sp³-hybridized carbons (Fsp3) is 0.200. The molecular weight excluding hydrogens is 229 g/mol. The lowest BCUT2D eigenvalue weighted by molar-refractivity contribution is 0.476. The zero-order chi connectivity index (χ0) is 13.0. The number of para-hydroxylation sites is 1. The minimum absolute atomic E-state index is 0.102. The molecule has 3 heteroatoms. The lowest BCUT2D eigenvalue weighted by Crippen LogP contribution is -2.11. The zero-order valence-electron chi connectivity index (χ0n) is 10.3. The van der Waals surface area contributed by atoms with Gasteiger partial charge in [0.15, 0.2) is 0 Å². The minimum Gasteiger partial charge on any atom is -0.467 e. The van der Waals surface area contributed by atoms with E-state index in [-0.39, 0.29) is 11.9 Å². The summed E-state index contributed by atoms with van der Waals surface area (Å²) in [5.41, 5.74) is 1.49. The monoisotopic (exact) mass is 245 g/mol. The van der Waals surface area contributed by atoms with E-state index in [0.29, 0.717) is 12.1 Å². The second-order valence-corrected chi connectivity index (χ2v) is 4.35. The number of nitrogens with one attached hydrogen (secondary N) is 1. The van der Waals surface area contributed by atoms with Crippen LogP contribution in [0.15, 0.2) is 59.2 Å². The molecule has 1 heterocycles. The average molecular weight is 245 g/mol. The van der Waals surface area contributed by atoms with Gasteiger partial charge in [0.05, 0.1) is 18.0 Å². The van der Waals surface area contributed by atoms with Crippen LogP contribution in [0.3, 0.4) is 0 Å². The Labute approximate surface area is 106 Å². The van der Waals surface area contributed by atoms with Crippen molar-refractivity contribution in [3.05, 3.63) is 66.4 Å². The molecule has 0 amide bonds. The summed E-state index contributed by atoms with van der Waals surface area (Å²) in [6.45, 7) is 5.84. The number of hydrogen-bond donors (Lipinski definition) is 1. The first-order chi connectivity index (χ1) is 8.66. The first-order valence-corrected chi connectivity index (χ1v) is 5.85. The standard InChI is InChI=1S/C15H16FNO/c1-11(2)10-14(15-8-5-9-18-15)17-13-7-4-3-6-12(13)16/h3-9,14,17H,1,10H2,2H3/t14-/m1/s1. The highest BCUT2D eigenvalue weighted by molar-refractivity contribution is 5.46. The fourth-order valence-electron chi connectivity index (χ4n) is 1.83. The highest BCUT2D eigenvalue weighted by atomic mass is 19.1. The molecule has 0 aliphatic rings. The Hall–Kier alpha value is -2.03. The Bertz CT molecular complexity index is 519. The third kappa shape index (κ3) is 3.00. The van der Waals surface area contributed by atoms with E-state index >= 15 is 0 Å². The van der Waals surface area contributed by atoms with Crippen molar-refractivity contribution < 1.29 is 8.81 Å². The van der Waals surface area contributed by atoms with E-state index in [1.165, 1.54) is 6.07 Å². The largest absolute Gasteiger partial charge is 0.467 e. The maximum atomic E-state index is 13.6. The van der Waals surface area contributed by atoms with Gasteiger partial charge in [-0.1, -0.05) is 17.7 Å². The quantitative estimate of drug-likeness (QED) is 0.782. The van der Waals surface area contributed by atoms with Gasteiger partial charge < -0.3 is 9.73 Å². The summed E-state index contributed by atoms with van der Waals surface area (Å²) in [4.78, 5) is 0. The molecule has 0 aliphatic heterocycles. The molecule has 18 heavy (non-hydrogen) atoms. The van der Waals surface area contributed by atoms with Gasteiger partial charge in [-0.3, -0.25) is 0 Å². The van der Waals surface area contributed by atoms with Gasteiger partial charge in [-0.2, -0.15) is 0 Å². The number of furan rings is 1. The van der Waals surface area contributed by atoms with Gasteiger partial charge in [-0.05, 0) is 37.6 Å². The summed E-state index contributed by atoms with van der Waals surface area (Å²) in [5, 5.41) is 3.15. The summed E-state index contributed by atoms with van der Waals surface area (Å²) >= 11 is 0. The summed E-state index contributed by atoms with van der Waals surface area (Å²) in [7, 11) is 0. The molecule has 1 aromatic carbocycles. The topological polar surface area (TPSA) is 25.2 Å². The average Bonchev–Trinajstić information content (AvgIpc) is 2.84. The van der Waals surface area contributed by atoms with E-state index in [1.54, 1.807) is 24.5 Å². The lowest BCUT2D eigenvalue weighted by atomic mass is 10.1. The normalized spacial score (nSPS) is 12.1. The smallest absolute Gasteiger partial charge is 0.146 e. The molecule has 0 spiro atoms. The van der Waals surface area contributed by atoms with Gasteiger partial charge in [0.1, 0.15) is 11.6 Å². The van der Waals surface area contributed by atoms with Crippen molar-refractivity contribution >= 4 is 5.69 Å². The van der Waals surface area contributed by atoms with Gasteiger partial charge in [0.25, 0.3) is 0 Å². The van der Waals surface area contributed by atoms with Crippen LogP contribution in [0.2, 0.25) is 0 Å². The molecule has 2 nitrogen and oxygen atoms in total. The second-order valence-electron chi connectivity index (χ2n) is 4.35. The number of hydrogen-bond acceptors (Lipinski definition) is 2. The molecular formula is C15H16FNO. The minimum atomic E-state index is -0.268. The number of benzene rings is 1. The Morgan fingerprint density at radius 2 is 2.11 bits per heavy atom. The first-order valence-electron chi connectivity index (χ1n) is 5.85. The first kappa shape index (κ1) is 12.4. The molecule has 94 valence electrons. The third-order valence-electron chi connectivity index (χ3n) is 2.64. The molecule has 0 saturated carbocycles. The van der Waals surface area contributed by atoms with Gasteiger partial charge in [-0.25, -0.2) is 4.39 Å². The molecule has 0 unspecified atom stereocenters. The van der Waals surface area contributed by atoms with Crippen LogP contribution in [0.25, 0.3) is 0 Å². The van der Waals surface area contributed by atoms with Crippen molar-refractivity contribution in [2.24, 2.45) is 0 Å². The van der Waals surface area contributed by atoms with Crippen molar-refractivity contribution in [2.45, 2.75) is 19.4 Å². The van der Waals surface area contributed by atoms with E-state index in [4.69, 9.17) is 4.42 Å². The van der Waals surface area contributed by atoms with E-state index in [9.17, 15) is 4.39 Å². The molecule has 0 saturated heterocycles. The van der Waals surface area contributed by atoms with Crippen LogP contribution in [0, 0.1) is 5.82 Å². The highest BCUT2D eigenvalue weighted by Crippen LogP contribution is 2.26. The van der Waals surface area contributed by atoms with Crippen molar-refractivity contribution in [3.8, 4) is 0 Å². The summed E-state index contributed by atoms with van der Waals surface area (Å²) in [5.74, 6) is 0.511. The van der Waals surface area contributed by atoms with E-state index < -0.39 is 0 Å². The zero-order valence-corrected chi connectivity index (χ0v) is 10.3. The van der Waals surface area contributed by atoms with Crippen molar-refractivity contribution in [3.63, 3.8) is 0 Å². The Morgan fingerprint density at radius 1 is 1.33 bits per heavy atom. The van der Waals surface area contributed by atoms with Crippen molar-refractivity contribution in [2.75, 3.05) is 5.32 Å².